The molecule has 0 aromatic carbocycles. The van der Waals surface area contributed by atoms with Crippen molar-refractivity contribution in [3.8, 4) is 0 Å². The fourth-order valence-electron chi connectivity index (χ4n) is 3.51. The number of anilines is 2. The molecular formula is C23H31N5O. The molecule has 29 heavy (non-hydrogen) atoms. The molecule has 1 aromatic rings. The minimum absolute atomic E-state index is 0.673. The maximum absolute atomic E-state index is 5.66. The third-order valence-corrected chi connectivity index (χ3v) is 4.91. The van der Waals surface area contributed by atoms with Crippen molar-refractivity contribution in [3.63, 3.8) is 0 Å². The van der Waals surface area contributed by atoms with Crippen LogP contribution >= 0.6 is 0 Å². The maximum atomic E-state index is 5.66. The normalized spacial score (nSPS) is 20.2. The monoisotopic (exact) mass is 393 g/mol. The van der Waals surface area contributed by atoms with Crippen LogP contribution in [0.25, 0.3) is 0 Å². The largest absolute Gasteiger partial charge is 0.496 e. The van der Waals surface area contributed by atoms with Crippen LogP contribution in [0.1, 0.15) is 20.3 Å². The highest BCUT2D eigenvalue weighted by Crippen LogP contribution is 2.27. The van der Waals surface area contributed by atoms with Crippen LogP contribution < -0.4 is 15.5 Å². The van der Waals surface area contributed by atoms with E-state index in [9.17, 15) is 0 Å². The van der Waals surface area contributed by atoms with E-state index in [0.29, 0.717) is 6.54 Å². The van der Waals surface area contributed by atoms with Gasteiger partial charge in [-0.1, -0.05) is 19.1 Å². The number of nitrogens with one attached hydrogen (secondary N) is 2. The molecule has 2 N–H and O–H groups in total. The SMILES string of the molecule is C\C=C/N=C1\C=C(CNc2cnccc2N2CCNCC2)C=C(OC)\C1=C/CC. The van der Waals surface area contributed by atoms with Gasteiger partial charge < -0.3 is 20.3 Å². The molecule has 0 saturated carbocycles. The van der Waals surface area contributed by atoms with E-state index in [2.05, 4.69) is 56.7 Å². The van der Waals surface area contributed by atoms with E-state index in [4.69, 9.17) is 4.74 Å². The topological polar surface area (TPSA) is 61.8 Å². The van der Waals surface area contributed by atoms with Gasteiger partial charge in [-0.15, -0.1) is 0 Å². The molecule has 154 valence electrons. The molecule has 1 aliphatic heterocycles. The number of hydrogen-bond donors (Lipinski definition) is 2. The first-order valence-corrected chi connectivity index (χ1v) is 10.3. The summed E-state index contributed by atoms with van der Waals surface area (Å²) in [6.45, 7) is 8.77. The molecule has 6 nitrogen and oxygen atoms in total. The van der Waals surface area contributed by atoms with E-state index < -0.39 is 0 Å². The predicted molar refractivity (Wildman–Crippen MR) is 122 cm³/mol. The standard InChI is InChI=1S/C23H31N5O/c1-4-6-19-20(26-8-5-2)14-18(15-23(19)29-3)16-27-21-17-25-9-7-22(21)28-12-10-24-11-13-28/h5-9,14-15,17,24,27H,4,10-13,16H2,1-3H3/b8-5-,19-6-,26-20+. The van der Waals surface area contributed by atoms with Crippen molar-refractivity contribution in [3.05, 3.63) is 65.9 Å². The van der Waals surface area contributed by atoms with E-state index in [1.165, 1.54) is 5.69 Å². The molecule has 1 fully saturated rings. The Morgan fingerprint density at radius 1 is 1.31 bits per heavy atom. The van der Waals surface area contributed by atoms with Crippen LogP contribution in [0.4, 0.5) is 11.4 Å². The smallest absolute Gasteiger partial charge is 0.128 e. The lowest BCUT2D eigenvalue weighted by molar-refractivity contribution is 0.303. The highest BCUT2D eigenvalue weighted by atomic mass is 16.5. The zero-order chi connectivity index (χ0) is 20.5. The fraction of sp³-hybridized carbons (Fsp3) is 0.391. The predicted octanol–water partition coefficient (Wildman–Crippen LogP) is 3.68. The van der Waals surface area contributed by atoms with Crippen LogP contribution in [-0.2, 0) is 4.74 Å². The van der Waals surface area contributed by atoms with Crippen LogP contribution in [0, 0.1) is 0 Å². The van der Waals surface area contributed by atoms with Gasteiger partial charge in [-0.25, -0.2) is 0 Å². The number of aromatic nitrogens is 1. The summed E-state index contributed by atoms with van der Waals surface area (Å²) in [5, 5.41) is 6.97. The Morgan fingerprint density at radius 3 is 2.86 bits per heavy atom. The fourth-order valence-corrected chi connectivity index (χ4v) is 3.51. The lowest BCUT2D eigenvalue weighted by atomic mass is 9.97. The number of piperazine rings is 1. The minimum Gasteiger partial charge on any atom is -0.496 e. The molecule has 1 saturated heterocycles. The summed E-state index contributed by atoms with van der Waals surface area (Å²) in [4.78, 5) is 11.3. The van der Waals surface area contributed by atoms with E-state index in [-0.39, 0.29) is 0 Å². The van der Waals surface area contributed by atoms with Crippen molar-refractivity contribution in [1.82, 2.24) is 10.3 Å². The summed E-state index contributed by atoms with van der Waals surface area (Å²) in [6, 6.07) is 2.08. The van der Waals surface area contributed by atoms with E-state index in [1.54, 1.807) is 7.11 Å². The quantitative estimate of drug-likeness (QED) is 0.740. The third kappa shape index (κ3) is 5.35. The minimum atomic E-state index is 0.673. The van der Waals surface area contributed by atoms with Gasteiger partial charge in [-0.3, -0.25) is 9.98 Å². The van der Waals surface area contributed by atoms with Crippen LogP contribution in [-0.4, -0.2) is 50.5 Å². The number of pyridine rings is 1. The average Bonchev–Trinajstić information content (AvgIpc) is 2.78. The number of hydrogen-bond acceptors (Lipinski definition) is 6. The Balaban J connectivity index is 1.81. The van der Waals surface area contributed by atoms with Gasteiger partial charge in [-0.2, -0.15) is 0 Å². The Hall–Kier alpha value is -2.86. The second kappa shape index (κ2) is 10.6. The molecule has 1 aliphatic carbocycles. The van der Waals surface area contributed by atoms with Crippen molar-refractivity contribution in [2.75, 3.05) is 50.1 Å². The molecule has 0 spiro atoms. The molecule has 0 amide bonds. The zero-order valence-electron chi connectivity index (χ0n) is 17.6. The summed E-state index contributed by atoms with van der Waals surface area (Å²) in [5.41, 5.74) is 5.33. The molecule has 0 radical (unpaired) electrons. The number of ether oxygens (including phenoxy) is 1. The number of allylic oxidation sites excluding steroid dienone is 4. The number of rotatable bonds is 7. The molecule has 0 bridgehead atoms. The Bertz CT molecular complexity index is 845. The van der Waals surface area contributed by atoms with Crippen molar-refractivity contribution >= 4 is 17.1 Å². The van der Waals surface area contributed by atoms with Crippen LogP contribution in [0.3, 0.4) is 0 Å². The zero-order valence-corrected chi connectivity index (χ0v) is 17.6. The van der Waals surface area contributed by atoms with Crippen LogP contribution in [0.15, 0.2) is 70.9 Å². The van der Waals surface area contributed by atoms with Gasteiger partial charge in [0.15, 0.2) is 0 Å². The number of aliphatic imine (C=N–C) groups is 1. The highest BCUT2D eigenvalue weighted by Gasteiger charge is 2.18. The van der Waals surface area contributed by atoms with Crippen LogP contribution in [0.2, 0.25) is 0 Å². The van der Waals surface area contributed by atoms with Gasteiger partial charge in [0.2, 0.25) is 0 Å². The third-order valence-electron chi connectivity index (χ3n) is 4.91. The molecule has 2 aliphatic rings. The lowest BCUT2D eigenvalue weighted by Gasteiger charge is -2.31. The van der Waals surface area contributed by atoms with Crippen LogP contribution in [0.5, 0.6) is 0 Å². The highest BCUT2D eigenvalue weighted by molar-refractivity contribution is 6.13. The van der Waals surface area contributed by atoms with Gasteiger partial charge in [0.1, 0.15) is 5.76 Å². The van der Waals surface area contributed by atoms with Crippen molar-refractivity contribution < 1.29 is 4.74 Å². The summed E-state index contributed by atoms with van der Waals surface area (Å²) in [5.74, 6) is 0.850. The summed E-state index contributed by atoms with van der Waals surface area (Å²) in [6.07, 6.45) is 14.8. The molecule has 3 rings (SSSR count). The second-order valence-corrected chi connectivity index (χ2v) is 6.94. The second-order valence-electron chi connectivity index (χ2n) is 6.94. The molecular weight excluding hydrogens is 362 g/mol. The number of nitrogens with zero attached hydrogens (tertiary/aromatic N) is 3. The van der Waals surface area contributed by atoms with E-state index in [0.717, 1.165) is 60.9 Å². The summed E-state index contributed by atoms with van der Waals surface area (Å²) in [7, 11) is 1.71. The van der Waals surface area contributed by atoms with Crippen molar-refractivity contribution in [1.29, 1.82) is 0 Å². The van der Waals surface area contributed by atoms with Gasteiger partial charge >= 0.3 is 0 Å². The van der Waals surface area contributed by atoms with E-state index in [1.807, 2.05) is 31.6 Å². The van der Waals surface area contributed by atoms with Crippen molar-refractivity contribution in [2.45, 2.75) is 20.3 Å². The van der Waals surface area contributed by atoms with E-state index >= 15 is 0 Å². The van der Waals surface area contributed by atoms with Gasteiger partial charge in [0.25, 0.3) is 0 Å². The Morgan fingerprint density at radius 2 is 2.14 bits per heavy atom. The molecule has 2 heterocycles. The summed E-state index contributed by atoms with van der Waals surface area (Å²) >= 11 is 0. The number of methoxy groups -OCH3 is 1. The van der Waals surface area contributed by atoms with Crippen molar-refractivity contribution in [2.24, 2.45) is 4.99 Å². The first kappa shape index (κ1) is 20.9. The molecule has 0 unspecified atom stereocenters. The van der Waals surface area contributed by atoms with Gasteiger partial charge in [0.05, 0.1) is 30.4 Å². The molecule has 0 atom stereocenters. The first-order valence-electron chi connectivity index (χ1n) is 10.3. The molecule has 1 aromatic heterocycles. The Kier molecular flexibility index (Phi) is 7.64. The lowest BCUT2D eigenvalue weighted by Crippen LogP contribution is -2.43. The van der Waals surface area contributed by atoms with Gasteiger partial charge in [0, 0.05) is 50.7 Å². The Labute approximate surface area is 173 Å². The summed E-state index contributed by atoms with van der Waals surface area (Å²) < 4.78 is 5.66. The molecule has 6 heteroatoms. The van der Waals surface area contributed by atoms with Gasteiger partial charge in [-0.05, 0) is 37.1 Å². The maximum Gasteiger partial charge on any atom is 0.128 e. The first-order chi connectivity index (χ1) is 14.3. The average molecular weight is 394 g/mol.